The fraction of sp³-hybridized carbons (Fsp3) is 0.356. The smallest absolute Gasteiger partial charge is 0.410 e. The molecule has 69 heavy (non-hydrogen) atoms. The van der Waals surface area contributed by atoms with Crippen LogP contribution in [0.4, 0.5) is 26.7 Å². The molecule has 0 saturated carbocycles. The molecule has 2 fully saturated rings. The first-order valence-corrected chi connectivity index (χ1v) is 23.4. The summed E-state index contributed by atoms with van der Waals surface area (Å²) in [6.45, 7) is 0.137. The molecule has 6 rings (SSSR count). The zero-order chi connectivity index (χ0) is 49.5. The number of esters is 1. The Labute approximate surface area is 403 Å². The van der Waals surface area contributed by atoms with E-state index in [0.717, 1.165) is 17.3 Å². The second kappa shape index (κ2) is 24.6. The lowest BCUT2D eigenvalue weighted by molar-refractivity contribution is -0.385. The van der Waals surface area contributed by atoms with Crippen LogP contribution < -0.4 is 5.32 Å². The fourth-order valence-electron chi connectivity index (χ4n) is 7.26. The van der Waals surface area contributed by atoms with E-state index < -0.39 is 45.0 Å². The van der Waals surface area contributed by atoms with Crippen molar-refractivity contribution in [3.05, 3.63) is 156 Å². The standard InChI is InChI=1S/C45H47N7O15S2/c1-64-43(33-5-3-2-4-6-33)69-37-23-39(49(24-37)45(57)67-27-32-11-17-36(18-12-32)52(62)63)41(54)48-21-19-47(20-22-48)40(53)29-68-28-38(42(55)65-25-30-7-13-34(14-8-30)50(58)59)46-44(56)66-26-31-9-15-35(16-10-31)51(60)61/h2-18,37-39,43H,19-29H2,1H3,(H,46,56)/t37-,38+,39-,43?/m0/s1. The van der Waals surface area contributed by atoms with Crippen LogP contribution in [0.1, 0.15) is 34.1 Å². The molecule has 0 spiro atoms. The highest BCUT2D eigenvalue weighted by Gasteiger charge is 2.44. The molecule has 2 saturated heterocycles. The maximum Gasteiger partial charge on any atom is 0.410 e. The molecule has 0 radical (unpaired) electrons. The predicted molar refractivity (Wildman–Crippen MR) is 250 cm³/mol. The maximum absolute atomic E-state index is 14.2. The Bertz CT molecular complexity index is 2460. The summed E-state index contributed by atoms with van der Waals surface area (Å²) in [6.07, 6.45) is -1.43. The van der Waals surface area contributed by atoms with E-state index in [1.54, 1.807) is 16.9 Å². The van der Waals surface area contributed by atoms with Gasteiger partial charge < -0.3 is 34.1 Å². The van der Waals surface area contributed by atoms with Crippen molar-refractivity contribution in [1.82, 2.24) is 20.0 Å². The first kappa shape index (κ1) is 51.1. The van der Waals surface area contributed by atoms with E-state index in [2.05, 4.69) is 5.32 Å². The lowest BCUT2D eigenvalue weighted by atomic mass is 10.1. The number of nitro groups is 3. The number of nitrogens with zero attached hydrogens (tertiary/aromatic N) is 6. The fourth-order valence-corrected chi connectivity index (χ4v) is 9.50. The first-order valence-electron chi connectivity index (χ1n) is 21.3. The van der Waals surface area contributed by atoms with Crippen LogP contribution >= 0.6 is 23.5 Å². The molecule has 4 atom stereocenters. The van der Waals surface area contributed by atoms with Crippen molar-refractivity contribution in [1.29, 1.82) is 0 Å². The minimum atomic E-state index is -1.30. The van der Waals surface area contributed by atoms with E-state index in [0.29, 0.717) is 23.1 Å². The van der Waals surface area contributed by atoms with E-state index in [-0.39, 0.29) is 104 Å². The maximum atomic E-state index is 14.2. The topological polar surface area (TPSA) is 273 Å². The number of nitrogens with one attached hydrogen (secondary N) is 1. The van der Waals surface area contributed by atoms with Crippen molar-refractivity contribution in [3.63, 3.8) is 0 Å². The zero-order valence-corrected chi connectivity index (χ0v) is 38.7. The number of non-ortho nitro benzene ring substituents is 3. The number of hydrogen-bond acceptors (Lipinski definition) is 17. The average Bonchev–Trinajstić information content (AvgIpc) is 3.80. The number of benzene rings is 4. The second-order valence-electron chi connectivity index (χ2n) is 15.6. The summed E-state index contributed by atoms with van der Waals surface area (Å²) in [6, 6.07) is 23.6. The molecule has 0 aromatic heterocycles. The number of nitro benzene ring substituents is 3. The van der Waals surface area contributed by atoms with Gasteiger partial charge in [-0.1, -0.05) is 30.3 Å². The Morgan fingerprint density at radius 2 is 1.17 bits per heavy atom. The number of carbonyl (C=O) groups excluding carboxylic acids is 5. The van der Waals surface area contributed by atoms with Gasteiger partial charge in [-0.15, -0.1) is 23.5 Å². The van der Waals surface area contributed by atoms with Crippen molar-refractivity contribution in [3.8, 4) is 0 Å². The highest BCUT2D eigenvalue weighted by Crippen LogP contribution is 2.39. The molecular formula is C45H47N7O15S2. The second-order valence-corrected chi connectivity index (χ2v) is 18.0. The molecule has 4 aromatic carbocycles. The number of alkyl carbamates (subject to hydrolysis) is 1. The summed E-state index contributed by atoms with van der Waals surface area (Å²) >= 11 is 2.52. The molecule has 2 aliphatic heterocycles. The summed E-state index contributed by atoms with van der Waals surface area (Å²) in [5.74, 6) is -1.73. The van der Waals surface area contributed by atoms with Crippen molar-refractivity contribution in [2.45, 2.75) is 49.0 Å². The molecule has 1 unspecified atom stereocenters. The Hall–Kier alpha value is -7.31. The van der Waals surface area contributed by atoms with Gasteiger partial charge in [-0.3, -0.25) is 44.8 Å². The highest BCUT2D eigenvalue weighted by molar-refractivity contribution is 8.00. The monoisotopic (exact) mass is 989 g/mol. The van der Waals surface area contributed by atoms with Crippen LogP contribution in [0.25, 0.3) is 0 Å². The molecule has 22 nitrogen and oxygen atoms in total. The average molecular weight is 990 g/mol. The molecule has 4 amide bonds. The Balaban J connectivity index is 1.03. The third-order valence-corrected chi connectivity index (χ3v) is 13.4. The molecule has 0 aliphatic carbocycles. The molecule has 2 aliphatic rings. The minimum absolute atomic E-state index is 0.111. The van der Waals surface area contributed by atoms with Crippen LogP contribution in [-0.4, -0.2) is 128 Å². The number of amides is 4. The van der Waals surface area contributed by atoms with Gasteiger partial charge in [-0.05, 0) is 65.1 Å². The van der Waals surface area contributed by atoms with Crippen LogP contribution in [0.15, 0.2) is 103 Å². The van der Waals surface area contributed by atoms with Crippen LogP contribution in [0.5, 0.6) is 0 Å². The van der Waals surface area contributed by atoms with Crippen LogP contribution in [-0.2, 0) is 53.2 Å². The van der Waals surface area contributed by atoms with E-state index in [1.165, 1.54) is 89.5 Å². The van der Waals surface area contributed by atoms with Crippen LogP contribution in [0, 0.1) is 30.3 Å². The van der Waals surface area contributed by atoms with Gasteiger partial charge in [-0.25, -0.2) is 14.4 Å². The number of rotatable bonds is 20. The number of carbonyl (C=O) groups is 5. The van der Waals surface area contributed by atoms with E-state index in [9.17, 15) is 54.3 Å². The number of hydrogen-bond donors (Lipinski definition) is 1. The van der Waals surface area contributed by atoms with Gasteiger partial charge in [-0.2, -0.15) is 0 Å². The van der Waals surface area contributed by atoms with Gasteiger partial charge in [0.05, 0.1) is 20.5 Å². The van der Waals surface area contributed by atoms with Crippen molar-refractivity contribution >= 4 is 70.6 Å². The van der Waals surface area contributed by atoms with Gasteiger partial charge in [0, 0.05) is 87.2 Å². The number of methoxy groups -OCH3 is 1. The lowest BCUT2D eigenvalue weighted by Gasteiger charge is -2.37. The number of ether oxygens (including phenoxy) is 4. The summed E-state index contributed by atoms with van der Waals surface area (Å²) in [5.41, 5.74) is 1.52. The Morgan fingerprint density at radius 1 is 0.681 bits per heavy atom. The molecule has 2 heterocycles. The molecule has 24 heteroatoms. The van der Waals surface area contributed by atoms with E-state index >= 15 is 0 Å². The Kier molecular flexibility index (Phi) is 18.2. The van der Waals surface area contributed by atoms with Crippen molar-refractivity contribution in [2.75, 3.05) is 51.3 Å². The largest absolute Gasteiger partial charge is 0.459 e. The number of likely N-dealkylation sites (tertiary alicyclic amines) is 1. The van der Waals surface area contributed by atoms with Gasteiger partial charge in [0.1, 0.15) is 37.3 Å². The number of piperazine rings is 1. The molecule has 1 N–H and O–H groups in total. The minimum Gasteiger partial charge on any atom is -0.459 e. The third kappa shape index (κ3) is 14.6. The van der Waals surface area contributed by atoms with Crippen LogP contribution in [0.3, 0.4) is 0 Å². The van der Waals surface area contributed by atoms with Gasteiger partial charge in [0.15, 0.2) is 0 Å². The normalized spacial score (nSPS) is 16.4. The van der Waals surface area contributed by atoms with Gasteiger partial charge >= 0.3 is 18.2 Å². The summed E-state index contributed by atoms with van der Waals surface area (Å²) in [7, 11) is 1.58. The Morgan fingerprint density at radius 3 is 1.68 bits per heavy atom. The molecule has 364 valence electrons. The summed E-state index contributed by atoms with van der Waals surface area (Å²) in [5, 5.41) is 35.4. The summed E-state index contributed by atoms with van der Waals surface area (Å²) < 4.78 is 22.0. The molecular weight excluding hydrogens is 943 g/mol. The van der Waals surface area contributed by atoms with E-state index in [1.807, 2.05) is 30.3 Å². The summed E-state index contributed by atoms with van der Waals surface area (Å²) in [4.78, 5) is 103. The molecule has 4 aromatic rings. The number of thioether (sulfide) groups is 2. The quantitative estimate of drug-likeness (QED) is 0.0349. The first-order chi connectivity index (χ1) is 33.2. The third-order valence-electron chi connectivity index (χ3n) is 11.0. The van der Waals surface area contributed by atoms with Gasteiger partial charge in [0.2, 0.25) is 11.8 Å². The van der Waals surface area contributed by atoms with Crippen molar-refractivity contribution < 1.29 is 57.7 Å². The van der Waals surface area contributed by atoms with E-state index in [4.69, 9.17) is 18.9 Å². The zero-order valence-electron chi connectivity index (χ0n) is 37.0. The molecule has 0 bridgehead atoms. The SMILES string of the molecule is COC(S[C@H]1C[C@@H](C(=O)N2CCN(C(=O)CSC[C@@H](NC(=O)OCc3ccc([N+](=O)[O-])cc3)C(=O)OCc3ccc([N+](=O)[O-])cc3)CC2)N(C(=O)OCc2ccc([N+](=O)[O-])cc2)C1)c1ccccc1. The van der Waals surface area contributed by atoms with Crippen LogP contribution in [0.2, 0.25) is 0 Å². The lowest BCUT2D eigenvalue weighted by Crippen LogP contribution is -2.55. The van der Waals surface area contributed by atoms with Crippen molar-refractivity contribution in [2.24, 2.45) is 0 Å². The highest BCUT2D eigenvalue weighted by atomic mass is 32.2. The van der Waals surface area contributed by atoms with Gasteiger partial charge in [0.25, 0.3) is 17.1 Å². The predicted octanol–water partition coefficient (Wildman–Crippen LogP) is 6.01.